The number of likely N-dealkylation sites (tertiary alicyclic amines) is 1. The lowest BCUT2D eigenvalue weighted by Gasteiger charge is -2.27. The summed E-state index contributed by atoms with van der Waals surface area (Å²) in [5.41, 5.74) is 3.19. The summed E-state index contributed by atoms with van der Waals surface area (Å²) in [6.07, 6.45) is 3.64. The largest absolute Gasteiger partial charge is 0.462 e. The van der Waals surface area contributed by atoms with Crippen molar-refractivity contribution in [1.29, 1.82) is 0 Å². The maximum absolute atomic E-state index is 12.6. The quantitative estimate of drug-likeness (QED) is 0.631. The number of H-pyrrole nitrogens is 1. The van der Waals surface area contributed by atoms with Crippen molar-refractivity contribution in [3.8, 4) is 11.1 Å². The van der Waals surface area contributed by atoms with Gasteiger partial charge in [0.25, 0.3) is 0 Å². The average Bonchev–Trinajstić information content (AvgIpc) is 3.17. The molecule has 0 aliphatic carbocycles. The molecule has 156 valence electrons. The Labute approximate surface area is 175 Å². The Kier molecular flexibility index (Phi) is 5.81. The summed E-state index contributed by atoms with van der Waals surface area (Å²) in [6.45, 7) is 4.03. The lowest BCUT2D eigenvalue weighted by Crippen LogP contribution is -2.36. The zero-order valence-electron chi connectivity index (χ0n) is 17.3. The third-order valence-electron chi connectivity index (χ3n) is 5.59. The summed E-state index contributed by atoms with van der Waals surface area (Å²) in [5, 5.41) is 3.91. The molecule has 0 unspecified atom stereocenters. The summed E-state index contributed by atoms with van der Waals surface area (Å²) in [6, 6.07) is 11.1. The zero-order valence-corrected chi connectivity index (χ0v) is 17.3. The van der Waals surface area contributed by atoms with E-state index in [4.69, 9.17) is 4.74 Å². The SMILES string of the molecule is CCOC(=O)c1ccc(-c2c[nH]c3nc(NC(=O)C4CCN(C)CC4)ccc23)cc1. The number of piperidine rings is 1. The standard InChI is InChI=1S/C23H26N4O3/c1-3-30-23(29)17-6-4-15(5-7-17)19-14-24-21-18(19)8-9-20(25-21)26-22(28)16-10-12-27(2)13-11-16/h4-9,14,16H,3,10-13H2,1-2H3,(H2,24,25,26,28). The van der Waals surface area contributed by atoms with Gasteiger partial charge in [0, 0.05) is 23.1 Å². The second kappa shape index (κ2) is 8.67. The number of anilines is 1. The predicted octanol–water partition coefficient (Wildman–Crippen LogP) is 3.69. The second-order valence-corrected chi connectivity index (χ2v) is 7.66. The molecule has 7 heteroatoms. The van der Waals surface area contributed by atoms with E-state index in [1.54, 1.807) is 19.1 Å². The van der Waals surface area contributed by atoms with Crippen molar-refractivity contribution in [3.63, 3.8) is 0 Å². The van der Waals surface area contributed by atoms with Crippen LogP contribution in [0.2, 0.25) is 0 Å². The first-order valence-corrected chi connectivity index (χ1v) is 10.3. The zero-order chi connectivity index (χ0) is 21.1. The van der Waals surface area contributed by atoms with Crippen molar-refractivity contribution in [3.05, 3.63) is 48.2 Å². The fourth-order valence-corrected chi connectivity index (χ4v) is 3.81. The van der Waals surface area contributed by atoms with E-state index >= 15 is 0 Å². The normalized spacial score (nSPS) is 15.3. The number of nitrogens with zero attached hydrogens (tertiary/aromatic N) is 2. The number of carbonyl (C=O) groups is 2. The highest BCUT2D eigenvalue weighted by Crippen LogP contribution is 2.29. The third-order valence-corrected chi connectivity index (χ3v) is 5.59. The van der Waals surface area contributed by atoms with Crippen molar-refractivity contribution in [2.75, 3.05) is 32.1 Å². The summed E-state index contributed by atoms with van der Waals surface area (Å²) >= 11 is 0. The Morgan fingerprint density at radius 1 is 1.17 bits per heavy atom. The van der Waals surface area contributed by atoms with Gasteiger partial charge < -0.3 is 19.9 Å². The Morgan fingerprint density at radius 3 is 2.60 bits per heavy atom. The van der Waals surface area contributed by atoms with Gasteiger partial charge in [-0.2, -0.15) is 0 Å². The molecule has 3 aromatic rings. The van der Waals surface area contributed by atoms with Gasteiger partial charge in [-0.1, -0.05) is 12.1 Å². The Balaban J connectivity index is 1.50. The van der Waals surface area contributed by atoms with Crippen molar-refractivity contribution < 1.29 is 14.3 Å². The molecule has 1 aromatic carbocycles. The number of nitrogens with one attached hydrogen (secondary N) is 2. The van der Waals surface area contributed by atoms with Crippen LogP contribution in [-0.2, 0) is 9.53 Å². The van der Waals surface area contributed by atoms with E-state index in [1.165, 1.54) is 0 Å². The lowest BCUT2D eigenvalue weighted by molar-refractivity contribution is -0.121. The van der Waals surface area contributed by atoms with Crippen LogP contribution < -0.4 is 5.32 Å². The van der Waals surface area contributed by atoms with Gasteiger partial charge in [0.1, 0.15) is 11.5 Å². The van der Waals surface area contributed by atoms with E-state index in [-0.39, 0.29) is 17.8 Å². The number of ether oxygens (including phenoxy) is 1. The van der Waals surface area contributed by atoms with Crippen molar-refractivity contribution in [2.45, 2.75) is 19.8 Å². The van der Waals surface area contributed by atoms with Crippen LogP contribution in [0.4, 0.5) is 5.82 Å². The van der Waals surface area contributed by atoms with Gasteiger partial charge in [-0.25, -0.2) is 9.78 Å². The van der Waals surface area contributed by atoms with Gasteiger partial charge >= 0.3 is 5.97 Å². The number of rotatable bonds is 5. The molecule has 4 rings (SSSR count). The first-order valence-electron chi connectivity index (χ1n) is 10.3. The molecule has 2 N–H and O–H groups in total. The molecule has 7 nitrogen and oxygen atoms in total. The molecule has 2 aromatic heterocycles. The predicted molar refractivity (Wildman–Crippen MR) is 116 cm³/mol. The minimum absolute atomic E-state index is 0.0378. The molecule has 1 amide bonds. The first kappa shape index (κ1) is 20.1. The van der Waals surface area contributed by atoms with E-state index in [0.29, 0.717) is 23.6 Å². The number of hydrogen-bond donors (Lipinski definition) is 2. The molecule has 3 heterocycles. The Bertz CT molecular complexity index is 1050. The molecule has 30 heavy (non-hydrogen) atoms. The first-order chi connectivity index (χ1) is 14.5. The number of esters is 1. The smallest absolute Gasteiger partial charge is 0.338 e. The lowest BCUT2D eigenvalue weighted by atomic mass is 9.96. The minimum Gasteiger partial charge on any atom is -0.462 e. The molecule has 0 radical (unpaired) electrons. The fraction of sp³-hybridized carbons (Fsp3) is 0.348. The molecule has 1 aliphatic heterocycles. The van der Waals surface area contributed by atoms with Crippen molar-refractivity contribution >= 4 is 28.7 Å². The molecular weight excluding hydrogens is 380 g/mol. The van der Waals surface area contributed by atoms with Gasteiger partial charge in [-0.3, -0.25) is 4.79 Å². The van der Waals surface area contributed by atoms with Gasteiger partial charge in [0.05, 0.1) is 12.2 Å². The average molecular weight is 406 g/mol. The summed E-state index contributed by atoms with van der Waals surface area (Å²) < 4.78 is 5.03. The van der Waals surface area contributed by atoms with Gasteiger partial charge in [0.2, 0.25) is 5.91 Å². The number of aromatic amines is 1. The summed E-state index contributed by atoms with van der Waals surface area (Å²) in [5.74, 6) is 0.305. The monoisotopic (exact) mass is 406 g/mol. The number of hydrogen-bond acceptors (Lipinski definition) is 5. The van der Waals surface area contributed by atoms with Gasteiger partial charge in [0.15, 0.2) is 0 Å². The topological polar surface area (TPSA) is 87.3 Å². The van der Waals surface area contributed by atoms with Gasteiger partial charge in [-0.15, -0.1) is 0 Å². The fourth-order valence-electron chi connectivity index (χ4n) is 3.81. The molecule has 0 bridgehead atoms. The Morgan fingerprint density at radius 2 is 1.90 bits per heavy atom. The van der Waals surface area contributed by atoms with E-state index < -0.39 is 0 Å². The summed E-state index contributed by atoms with van der Waals surface area (Å²) in [4.78, 5) is 34.4. The van der Waals surface area contributed by atoms with Crippen molar-refractivity contribution in [1.82, 2.24) is 14.9 Å². The molecule has 1 aliphatic rings. The van der Waals surface area contributed by atoms with Crippen LogP contribution >= 0.6 is 0 Å². The maximum atomic E-state index is 12.6. The number of aromatic nitrogens is 2. The van der Waals surface area contributed by atoms with Crippen LogP contribution in [0.15, 0.2) is 42.6 Å². The number of pyridine rings is 1. The molecule has 1 fully saturated rings. The van der Waals surface area contributed by atoms with Crippen LogP contribution in [0.25, 0.3) is 22.2 Å². The van der Waals surface area contributed by atoms with E-state index in [9.17, 15) is 9.59 Å². The van der Waals surface area contributed by atoms with Gasteiger partial charge in [-0.05, 0) is 69.7 Å². The van der Waals surface area contributed by atoms with E-state index in [0.717, 1.165) is 42.4 Å². The molecule has 0 saturated carbocycles. The number of carbonyl (C=O) groups excluding carboxylic acids is 2. The van der Waals surface area contributed by atoms with Crippen LogP contribution in [0.5, 0.6) is 0 Å². The second-order valence-electron chi connectivity index (χ2n) is 7.66. The highest BCUT2D eigenvalue weighted by atomic mass is 16.5. The highest BCUT2D eigenvalue weighted by molar-refractivity contribution is 5.97. The number of amides is 1. The van der Waals surface area contributed by atoms with Crippen LogP contribution in [-0.4, -0.2) is 53.5 Å². The van der Waals surface area contributed by atoms with Crippen LogP contribution in [0.1, 0.15) is 30.1 Å². The Hall–Kier alpha value is -3.19. The maximum Gasteiger partial charge on any atom is 0.338 e. The minimum atomic E-state index is -0.324. The number of benzene rings is 1. The number of fused-ring (bicyclic) bond motifs is 1. The molecule has 1 saturated heterocycles. The molecular formula is C23H26N4O3. The van der Waals surface area contributed by atoms with E-state index in [1.807, 2.05) is 30.5 Å². The van der Waals surface area contributed by atoms with Crippen molar-refractivity contribution in [2.24, 2.45) is 5.92 Å². The summed E-state index contributed by atoms with van der Waals surface area (Å²) in [7, 11) is 2.08. The van der Waals surface area contributed by atoms with Crippen LogP contribution in [0, 0.1) is 5.92 Å². The highest BCUT2D eigenvalue weighted by Gasteiger charge is 2.23. The third kappa shape index (κ3) is 4.21. The van der Waals surface area contributed by atoms with E-state index in [2.05, 4.69) is 27.2 Å². The molecule has 0 atom stereocenters. The molecule has 0 spiro atoms. The van der Waals surface area contributed by atoms with Crippen LogP contribution in [0.3, 0.4) is 0 Å².